The van der Waals surface area contributed by atoms with E-state index >= 15 is 0 Å². The highest BCUT2D eigenvalue weighted by Gasteiger charge is 2.25. The molecule has 3 rings (SSSR count). The minimum atomic E-state index is -0.113. The topological polar surface area (TPSA) is 97.3 Å². The van der Waals surface area contributed by atoms with Gasteiger partial charge in [0, 0.05) is 43.2 Å². The number of allylic oxidation sites excluding steroid dienone is 1. The van der Waals surface area contributed by atoms with Crippen LogP contribution in [0.4, 0.5) is 5.82 Å². The molecule has 3 N–H and O–H groups in total. The lowest BCUT2D eigenvalue weighted by molar-refractivity contribution is -0.119. The number of hydrogen-bond donors (Lipinski definition) is 3. The lowest BCUT2D eigenvalue weighted by Crippen LogP contribution is -2.45. The van der Waals surface area contributed by atoms with E-state index in [1.54, 1.807) is 37.0 Å². The third-order valence-electron chi connectivity index (χ3n) is 7.01. The molecular formula is C27H39N5O3. The van der Waals surface area contributed by atoms with Gasteiger partial charge in [0.15, 0.2) is 0 Å². The van der Waals surface area contributed by atoms with Crippen LogP contribution in [0.25, 0.3) is 11.1 Å². The van der Waals surface area contributed by atoms with E-state index in [2.05, 4.69) is 21.1 Å². The van der Waals surface area contributed by atoms with Gasteiger partial charge in [-0.05, 0) is 57.2 Å². The Morgan fingerprint density at radius 1 is 1.23 bits per heavy atom. The van der Waals surface area contributed by atoms with Gasteiger partial charge in [0.25, 0.3) is 11.5 Å². The Kier molecular flexibility index (Phi) is 9.48. The van der Waals surface area contributed by atoms with Crippen LogP contribution < -0.4 is 21.7 Å². The Balaban J connectivity index is 1.67. The molecule has 1 atom stereocenters. The van der Waals surface area contributed by atoms with Crippen molar-refractivity contribution in [2.24, 2.45) is 13.0 Å². The largest absolute Gasteiger partial charge is 0.384 e. The molecule has 1 aliphatic rings. The third-order valence-corrected chi connectivity index (χ3v) is 7.01. The first kappa shape index (κ1) is 26.5. The average Bonchev–Trinajstić information content (AvgIpc) is 3.13. The van der Waals surface area contributed by atoms with Gasteiger partial charge in [-0.2, -0.15) is 0 Å². The lowest BCUT2D eigenvalue weighted by atomic mass is 9.92. The minimum absolute atomic E-state index is 0.0185. The van der Waals surface area contributed by atoms with Crippen LogP contribution >= 0.6 is 0 Å². The van der Waals surface area contributed by atoms with Crippen molar-refractivity contribution in [3.8, 4) is 11.1 Å². The van der Waals surface area contributed by atoms with Crippen LogP contribution in [-0.2, 0) is 16.7 Å². The molecule has 1 saturated carbocycles. The van der Waals surface area contributed by atoms with E-state index in [-0.39, 0.29) is 17.5 Å². The number of nitrogens with one attached hydrogen (secondary N) is 3. The first-order chi connectivity index (χ1) is 16.8. The highest BCUT2D eigenvalue weighted by atomic mass is 16.6. The first-order valence-electron chi connectivity index (χ1n) is 12.5. The summed E-state index contributed by atoms with van der Waals surface area (Å²) in [5.74, 6) is 0.853. The Bertz CT molecular complexity index is 1080. The van der Waals surface area contributed by atoms with Crippen LogP contribution in [0, 0.1) is 19.8 Å². The maximum Gasteiger partial charge on any atom is 0.267 e. The van der Waals surface area contributed by atoms with Crippen molar-refractivity contribution >= 4 is 11.7 Å². The molecule has 0 unspecified atom stereocenters. The number of amides is 1. The summed E-state index contributed by atoms with van der Waals surface area (Å²) >= 11 is 0. The number of nitrogens with zero attached hydrogens (tertiary/aromatic N) is 2. The summed E-state index contributed by atoms with van der Waals surface area (Å²) in [7, 11) is 3.53. The van der Waals surface area contributed by atoms with Crippen molar-refractivity contribution in [1.82, 2.24) is 20.2 Å². The fraction of sp³-hybridized carbons (Fsp3) is 0.519. The predicted octanol–water partition coefficient (Wildman–Crippen LogP) is 3.99. The molecule has 0 radical (unpaired) electrons. The summed E-state index contributed by atoms with van der Waals surface area (Å²) in [5, 5.41) is 6.12. The number of aromatic nitrogens is 2. The Hall–Kier alpha value is -3.13. The van der Waals surface area contributed by atoms with Crippen LogP contribution in [0.1, 0.15) is 56.7 Å². The molecule has 1 fully saturated rings. The molecule has 2 aromatic heterocycles. The average molecular weight is 482 g/mol. The maximum atomic E-state index is 12.7. The van der Waals surface area contributed by atoms with Crippen LogP contribution in [-0.4, -0.2) is 35.2 Å². The zero-order valence-corrected chi connectivity index (χ0v) is 21.6. The van der Waals surface area contributed by atoms with Gasteiger partial charge in [-0.25, -0.2) is 10.5 Å². The second-order valence-corrected chi connectivity index (χ2v) is 9.31. The molecule has 8 heteroatoms. The summed E-state index contributed by atoms with van der Waals surface area (Å²) < 4.78 is 1.65. The fourth-order valence-electron chi connectivity index (χ4n) is 4.86. The maximum absolute atomic E-state index is 12.7. The molecule has 2 aromatic rings. The van der Waals surface area contributed by atoms with Crippen LogP contribution in [0.2, 0.25) is 0 Å². The molecule has 0 bridgehead atoms. The number of hydrogen-bond acceptors (Lipinski definition) is 6. The molecular weight excluding hydrogens is 442 g/mol. The van der Waals surface area contributed by atoms with E-state index in [0.29, 0.717) is 24.0 Å². The highest BCUT2D eigenvalue weighted by Crippen LogP contribution is 2.27. The molecule has 1 aliphatic carbocycles. The molecule has 0 aromatic carbocycles. The number of pyridine rings is 2. The fourth-order valence-corrected chi connectivity index (χ4v) is 4.86. The number of rotatable bonds is 9. The van der Waals surface area contributed by atoms with Gasteiger partial charge in [0.05, 0.1) is 18.3 Å². The molecule has 0 saturated heterocycles. The summed E-state index contributed by atoms with van der Waals surface area (Å²) in [6.07, 6.45) is 10.6. The molecule has 1 amide bonds. The van der Waals surface area contributed by atoms with Gasteiger partial charge in [-0.3, -0.25) is 14.4 Å². The van der Waals surface area contributed by atoms with Gasteiger partial charge in [0.1, 0.15) is 5.82 Å². The van der Waals surface area contributed by atoms with Crippen molar-refractivity contribution in [2.75, 3.05) is 19.1 Å². The van der Waals surface area contributed by atoms with Crippen molar-refractivity contribution in [2.45, 2.75) is 65.3 Å². The minimum Gasteiger partial charge on any atom is -0.384 e. The van der Waals surface area contributed by atoms with Crippen LogP contribution in [0.3, 0.4) is 0 Å². The zero-order chi connectivity index (χ0) is 25.4. The quantitative estimate of drug-likeness (QED) is 0.285. The number of anilines is 1. The van der Waals surface area contributed by atoms with Crippen LogP contribution in [0.15, 0.2) is 41.0 Å². The van der Waals surface area contributed by atoms with E-state index < -0.39 is 0 Å². The van der Waals surface area contributed by atoms with Crippen LogP contribution in [0.5, 0.6) is 0 Å². The second-order valence-electron chi connectivity index (χ2n) is 9.31. The Labute approximate surface area is 208 Å². The zero-order valence-electron chi connectivity index (χ0n) is 21.6. The second kappa shape index (κ2) is 12.5. The molecule has 190 valence electrons. The first-order valence-corrected chi connectivity index (χ1v) is 12.5. The Morgan fingerprint density at radius 3 is 2.54 bits per heavy atom. The monoisotopic (exact) mass is 481 g/mol. The number of carbonyl (C=O) groups is 1. The SMILES string of the molecule is C/C=C(\NC)C(=O)N[C@H](CONc1ccc(-c2c(C)cc(=O)n(C)c2C)cn1)C1CCCCCC1. The Morgan fingerprint density at radius 2 is 1.94 bits per heavy atom. The van der Waals surface area contributed by atoms with Gasteiger partial charge in [-0.15, -0.1) is 0 Å². The van der Waals surface area contributed by atoms with Crippen molar-refractivity contribution in [3.05, 3.63) is 57.8 Å². The standard InChI is InChI=1S/C27H39N5O3/c1-6-22(28-4)27(34)30-23(20-11-9-7-8-10-12-20)17-35-31-24-14-13-21(16-29-24)26-18(2)15-25(33)32(5)19(26)3/h6,13-16,20,23,28H,7-12,17H2,1-5H3,(H,29,31)(H,30,34)/b22-6-/t23-/m1/s1. The summed E-state index contributed by atoms with van der Waals surface area (Å²) in [4.78, 5) is 35.1. The normalized spacial score (nSPS) is 15.9. The molecule has 0 aliphatic heterocycles. The van der Waals surface area contributed by atoms with Crippen molar-refractivity contribution in [1.29, 1.82) is 0 Å². The smallest absolute Gasteiger partial charge is 0.267 e. The number of likely N-dealkylation sites (N-methyl/N-ethyl adjacent to an activating group) is 1. The summed E-state index contributed by atoms with van der Waals surface area (Å²) in [6.45, 7) is 6.07. The third kappa shape index (κ3) is 6.72. The van der Waals surface area contributed by atoms with E-state index in [1.807, 2.05) is 32.9 Å². The molecule has 0 spiro atoms. The number of carbonyl (C=O) groups excluding carboxylic acids is 1. The van der Waals surface area contributed by atoms with Gasteiger partial charge >= 0.3 is 0 Å². The van der Waals surface area contributed by atoms with E-state index in [1.165, 1.54) is 25.7 Å². The van der Waals surface area contributed by atoms with Crippen molar-refractivity contribution < 1.29 is 9.63 Å². The highest BCUT2D eigenvalue weighted by molar-refractivity contribution is 5.92. The lowest BCUT2D eigenvalue weighted by Gasteiger charge is -2.27. The van der Waals surface area contributed by atoms with E-state index in [4.69, 9.17) is 4.84 Å². The molecule has 8 nitrogen and oxygen atoms in total. The van der Waals surface area contributed by atoms with Gasteiger partial charge in [-0.1, -0.05) is 31.8 Å². The molecule has 2 heterocycles. The summed E-state index contributed by atoms with van der Waals surface area (Å²) in [6, 6.07) is 5.38. The predicted molar refractivity (Wildman–Crippen MR) is 140 cm³/mol. The van der Waals surface area contributed by atoms with E-state index in [9.17, 15) is 9.59 Å². The van der Waals surface area contributed by atoms with Crippen molar-refractivity contribution in [3.63, 3.8) is 0 Å². The van der Waals surface area contributed by atoms with Gasteiger partial charge in [0.2, 0.25) is 0 Å². The molecule has 35 heavy (non-hydrogen) atoms. The van der Waals surface area contributed by atoms with Gasteiger partial charge < -0.3 is 15.2 Å². The number of aryl methyl sites for hydroxylation is 1. The summed E-state index contributed by atoms with van der Waals surface area (Å²) in [5.41, 5.74) is 7.25. The van der Waals surface area contributed by atoms with E-state index in [0.717, 1.165) is 35.2 Å².